The molecule has 0 radical (unpaired) electrons. The molecule has 0 aromatic carbocycles. The monoisotopic (exact) mass is 266 g/mol. The molecule has 0 aromatic rings. The van der Waals surface area contributed by atoms with Gasteiger partial charge in [0.1, 0.15) is 0 Å². The highest BCUT2D eigenvalue weighted by Crippen LogP contribution is 2.41. The molecule has 0 aliphatic heterocycles. The van der Waals surface area contributed by atoms with Crippen molar-refractivity contribution in [1.82, 2.24) is 0 Å². The Kier molecular flexibility index (Phi) is 4.85. The van der Waals surface area contributed by atoms with E-state index in [-0.39, 0.29) is 0 Å². The Morgan fingerprint density at radius 3 is 1.88 bits per heavy atom. The molecule has 2 nitrogen and oxygen atoms in total. The average Bonchev–Trinajstić information content (AvgIpc) is 2.12. The van der Waals surface area contributed by atoms with Crippen molar-refractivity contribution in [3.05, 3.63) is 0 Å². The number of esters is 1. The zero-order valence-electron chi connectivity index (χ0n) is 9.21. The highest BCUT2D eigenvalue weighted by molar-refractivity contribution is 5.77. The maximum Gasteiger partial charge on any atom is 0.404 e. The zero-order valence-corrected chi connectivity index (χ0v) is 9.21. The van der Waals surface area contributed by atoms with Crippen LogP contribution in [0, 0.1) is 5.41 Å². The first-order chi connectivity index (χ1) is 7.44. The lowest BCUT2D eigenvalue weighted by Crippen LogP contribution is -2.43. The molecule has 8 heteroatoms. The predicted molar refractivity (Wildman–Crippen MR) is 46.1 cm³/mol. The van der Waals surface area contributed by atoms with Crippen LogP contribution in [0.1, 0.15) is 26.7 Å². The quantitative estimate of drug-likeness (QED) is 0.575. The predicted octanol–water partition coefficient (Wildman–Crippen LogP) is 3.46. The van der Waals surface area contributed by atoms with Crippen LogP contribution in [0.15, 0.2) is 0 Å². The Bertz CT molecular complexity index is 270. The third kappa shape index (κ3) is 4.43. The minimum Gasteiger partial charge on any atom is -0.465 e. The second kappa shape index (κ2) is 5.14. The van der Waals surface area contributed by atoms with Crippen LogP contribution in [-0.4, -0.2) is 24.9 Å². The van der Waals surface area contributed by atoms with Crippen molar-refractivity contribution >= 4 is 5.97 Å². The molecule has 0 amide bonds. The van der Waals surface area contributed by atoms with Crippen molar-refractivity contribution in [1.29, 1.82) is 0 Å². The molecule has 1 unspecified atom stereocenters. The summed E-state index contributed by atoms with van der Waals surface area (Å²) in [6.07, 6.45) is -11.5. The summed E-state index contributed by atoms with van der Waals surface area (Å²) in [5.74, 6) is -1.68. The van der Waals surface area contributed by atoms with Gasteiger partial charge >= 0.3 is 18.3 Å². The van der Waals surface area contributed by atoms with Crippen LogP contribution in [-0.2, 0) is 9.53 Å². The van der Waals surface area contributed by atoms with Crippen LogP contribution in [0.25, 0.3) is 0 Å². The van der Waals surface area contributed by atoms with Crippen molar-refractivity contribution in [3.63, 3.8) is 0 Å². The summed E-state index contributed by atoms with van der Waals surface area (Å²) in [6.45, 7) is 0.607. The van der Waals surface area contributed by atoms with Crippen LogP contribution in [0.4, 0.5) is 26.3 Å². The highest BCUT2D eigenvalue weighted by atomic mass is 19.4. The van der Waals surface area contributed by atoms with E-state index in [1.807, 2.05) is 0 Å². The van der Waals surface area contributed by atoms with E-state index < -0.39 is 43.2 Å². The van der Waals surface area contributed by atoms with Gasteiger partial charge in [0, 0.05) is 0 Å². The van der Waals surface area contributed by atoms with Crippen LogP contribution >= 0.6 is 0 Å². The number of ether oxygens (including phenoxy) is 1. The fourth-order valence-electron chi connectivity index (χ4n) is 0.879. The Morgan fingerprint density at radius 2 is 1.59 bits per heavy atom. The zero-order chi connectivity index (χ0) is 13.9. The van der Waals surface area contributed by atoms with Crippen molar-refractivity contribution in [2.75, 3.05) is 6.61 Å². The van der Waals surface area contributed by atoms with Crippen LogP contribution < -0.4 is 0 Å². The minimum atomic E-state index is -4.85. The maximum absolute atomic E-state index is 12.5. The average molecular weight is 266 g/mol. The lowest BCUT2D eigenvalue weighted by atomic mass is 9.87. The molecule has 0 N–H and O–H groups in total. The highest BCUT2D eigenvalue weighted by Gasteiger charge is 2.56. The number of hydrogen-bond donors (Lipinski definition) is 0. The standard InChI is InChI=1S/C9H12F6O2/c1-3-7(2,9(13,14)15)6(16)17-5-4-8(10,11)12/h3-5H2,1-2H3. The molecule has 0 rings (SSSR count). The second-order valence-electron chi connectivity index (χ2n) is 3.68. The first-order valence-corrected chi connectivity index (χ1v) is 4.75. The van der Waals surface area contributed by atoms with E-state index in [2.05, 4.69) is 4.74 Å². The third-order valence-electron chi connectivity index (χ3n) is 2.40. The number of halogens is 6. The summed E-state index contributed by atoms with van der Waals surface area (Å²) >= 11 is 0. The third-order valence-corrected chi connectivity index (χ3v) is 2.40. The maximum atomic E-state index is 12.5. The fourth-order valence-corrected chi connectivity index (χ4v) is 0.879. The first-order valence-electron chi connectivity index (χ1n) is 4.75. The van der Waals surface area contributed by atoms with E-state index in [0.29, 0.717) is 6.92 Å². The van der Waals surface area contributed by atoms with Gasteiger partial charge in [-0.05, 0) is 13.3 Å². The van der Waals surface area contributed by atoms with Gasteiger partial charge in [0.25, 0.3) is 0 Å². The summed E-state index contributed by atoms with van der Waals surface area (Å²) in [4.78, 5) is 11.1. The molecule has 0 fully saturated rings. The van der Waals surface area contributed by atoms with Gasteiger partial charge in [0.2, 0.25) is 0 Å². The molecule has 0 aliphatic carbocycles. The summed E-state index contributed by atoms with van der Waals surface area (Å²) < 4.78 is 76.6. The number of hydrogen-bond acceptors (Lipinski definition) is 2. The largest absolute Gasteiger partial charge is 0.465 e. The number of alkyl halides is 6. The Morgan fingerprint density at radius 1 is 1.12 bits per heavy atom. The summed E-state index contributed by atoms with van der Waals surface area (Å²) in [5, 5.41) is 0. The normalized spacial score (nSPS) is 16.5. The van der Waals surface area contributed by atoms with E-state index in [4.69, 9.17) is 0 Å². The molecule has 0 saturated carbocycles. The van der Waals surface area contributed by atoms with Gasteiger partial charge in [0.05, 0.1) is 13.0 Å². The van der Waals surface area contributed by atoms with Crippen molar-refractivity contribution in [3.8, 4) is 0 Å². The van der Waals surface area contributed by atoms with Gasteiger partial charge in [-0.25, -0.2) is 0 Å². The van der Waals surface area contributed by atoms with Crippen molar-refractivity contribution < 1.29 is 35.9 Å². The SMILES string of the molecule is CCC(C)(C(=O)OCCC(F)(F)F)C(F)(F)F. The molecule has 0 aliphatic rings. The topological polar surface area (TPSA) is 26.3 Å². The van der Waals surface area contributed by atoms with Gasteiger partial charge in [0.15, 0.2) is 5.41 Å². The lowest BCUT2D eigenvalue weighted by molar-refractivity contribution is -0.232. The summed E-state index contributed by atoms with van der Waals surface area (Å²) in [6, 6.07) is 0. The molecule has 17 heavy (non-hydrogen) atoms. The van der Waals surface area contributed by atoms with E-state index in [1.165, 1.54) is 0 Å². The minimum absolute atomic E-state index is 0.596. The van der Waals surface area contributed by atoms with E-state index in [0.717, 1.165) is 6.92 Å². The van der Waals surface area contributed by atoms with Gasteiger partial charge < -0.3 is 4.74 Å². The first kappa shape index (κ1) is 16.1. The van der Waals surface area contributed by atoms with Crippen molar-refractivity contribution in [2.45, 2.75) is 39.0 Å². The summed E-state index contributed by atoms with van der Waals surface area (Å²) in [5.41, 5.74) is -2.77. The van der Waals surface area contributed by atoms with Crippen LogP contribution in [0.2, 0.25) is 0 Å². The molecular weight excluding hydrogens is 254 g/mol. The van der Waals surface area contributed by atoms with E-state index >= 15 is 0 Å². The van der Waals surface area contributed by atoms with Crippen molar-refractivity contribution in [2.24, 2.45) is 5.41 Å². The van der Waals surface area contributed by atoms with Gasteiger partial charge in [-0.2, -0.15) is 26.3 Å². The molecule has 102 valence electrons. The lowest BCUT2D eigenvalue weighted by Gasteiger charge is -2.28. The molecule has 0 spiro atoms. The van der Waals surface area contributed by atoms with E-state index in [1.54, 1.807) is 0 Å². The molecule has 0 bridgehead atoms. The number of carbonyl (C=O) groups is 1. The van der Waals surface area contributed by atoms with Crippen LogP contribution in [0.3, 0.4) is 0 Å². The van der Waals surface area contributed by atoms with Crippen LogP contribution in [0.5, 0.6) is 0 Å². The molecule has 0 aromatic heterocycles. The molecule has 1 atom stereocenters. The van der Waals surface area contributed by atoms with E-state index in [9.17, 15) is 31.1 Å². The Hall–Kier alpha value is -0.950. The smallest absolute Gasteiger partial charge is 0.404 e. The second-order valence-corrected chi connectivity index (χ2v) is 3.68. The Balaban J connectivity index is 4.49. The molecule has 0 saturated heterocycles. The van der Waals surface area contributed by atoms with Gasteiger partial charge in [-0.15, -0.1) is 0 Å². The molecular formula is C9H12F6O2. The van der Waals surface area contributed by atoms with Gasteiger partial charge in [-0.1, -0.05) is 6.92 Å². The Labute approximate surface area is 93.9 Å². The summed E-state index contributed by atoms with van der Waals surface area (Å²) in [7, 11) is 0. The number of rotatable bonds is 4. The number of carbonyl (C=O) groups excluding carboxylic acids is 1. The fraction of sp³-hybridized carbons (Fsp3) is 0.889. The molecule has 0 heterocycles. The van der Waals surface area contributed by atoms with Gasteiger partial charge in [-0.3, -0.25) is 4.79 Å².